The number of benzene rings is 1. The van der Waals surface area contributed by atoms with E-state index in [0.717, 1.165) is 49.5 Å². The molecule has 0 aliphatic carbocycles. The van der Waals surface area contributed by atoms with Crippen LogP contribution >= 0.6 is 0 Å². The molecule has 120 valence electrons. The van der Waals surface area contributed by atoms with Crippen LogP contribution in [0.25, 0.3) is 0 Å². The predicted molar refractivity (Wildman–Crippen MR) is 90.5 cm³/mol. The molecule has 0 bridgehead atoms. The van der Waals surface area contributed by atoms with Crippen LogP contribution in [0.15, 0.2) is 30.4 Å². The van der Waals surface area contributed by atoms with E-state index in [1.165, 1.54) is 10.5 Å². The number of hydrogen-bond acceptors (Lipinski definition) is 1. The van der Waals surface area contributed by atoms with Gasteiger partial charge >= 0.3 is 0 Å². The van der Waals surface area contributed by atoms with Gasteiger partial charge in [-0.1, -0.05) is 24.8 Å². The molecule has 0 radical (unpaired) electrons. The second kappa shape index (κ2) is 7.56. The molecule has 0 unspecified atom stereocenters. The molecule has 1 fully saturated rings. The minimum absolute atomic E-state index is 0.121. The molecule has 0 atom stereocenters. The van der Waals surface area contributed by atoms with Crippen molar-refractivity contribution in [3.05, 3.63) is 41.5 Å². The third-order valence-corrected chi connectivity index (χ3v) is 4.37. The quantitative estimate of drug-likeness (QED) is 0.637. The number of aryl methyl sites for hydroxylation is 2. The van der Waals surface area contributed by atoms with Crippen LogP contribution in [0.2, 0.25) is 0 Å². The van der Waals surface area contributed by atoms with Gasteiger partial charge in [0.15, 0.2) is 6.54 Å². The molecule has 1 aliphatic rings. The zero-order valence-corrected chi connectivity index (χ0v) is 14.1. The highest BCUT2D eigenvalue weighted by Gasteiger charge is 2.24. The normalized spacial score (nSPS) is 21.4. The topological polar surface area (TPSA) is 38.0 Å². The van der Waals surface area contributed by atoms with Crippen LogP contribution in [0.1, 0.15) is 18.1 Å². The van der Waals surface area contributed by atoms with E-state index in [-0.39, 0.29) is 5.91 Å². The maximum atomic E-state index is 12.3. The van der Waals surface area contributed by atoms with Crippen molar-refractivity contribution in [3.8, 4) is 0 Å². The Morgan fingerprint density at radius 1 is 1.09 bits per heavy atom. The average Bonchev–Trinajstić information content (AvgIpc) is 2.45. The van der Waals surface area contributed by atoms with Crippen LogP contribution in [0, 0.1) is 13.8 Å². The maximum Gasteiger partial charge on any atom is 0.279 e. The lowest BCUT2D eigenvalue weighted by molar-refractivity contribution is -1.01. The molecule has 1 saturated heterocycles. The maximum absolute atomic E-state index is 12.3. The van der Waals surface area contributed by atoms with E-state index < -0.39 is 0 Å². The minimum atomic E-state index is 0.121. The largest absolute Gasteiger partial charge is 0.322 e. The van der Waals surface area contributed by atoms with Gasteiger partial charge in [0.25, 0.3) is 5.91 Å². The Morgan fingerprint density at radius 3 is 2.09 bits per heavy atom. The van der Waals surface area contributed by atoms with Gasteiger partial charge in [0.2, 0.25) is 0 Å². The van der Waals surface area contributed by atoms with Crippen molar-refractivity contribution in [2.45, 2.75) is 20.8 Å². The van der Waals surface area contributed by atoms with Crippen molar-refractivity contribution in [1.29, 1.82) is 0 Å². The standard InChI is InChI=1S/C18H27N3O/c1-14(2)12-20-8-10-21(11-9-20)13-17(22)19-18-15(3)6-5-7-16(18)4/h5-7H,1,8-13H2,2-4H3,(H,19,22)/p+2. The van der Waals surface area contributed by atoms with E-state index >= 15 is 0 Å². The number of hydrogen-bond donors (Lipinski definition) is 3. The van der Waals surface area contributed by atoms with Crippen LogP contribution in [0.5, 0.6) is 0 Å². The number of anilines is 1. The lowest BCUT2D eigenvalue weighted by atomic mass is 10.1. The molecule has 1 heterocycles. The first-order valence-electron chi connectivity index (χ1n) is 8.13. The number of nitrogens with one attached hydrogen (secondary N) is 3. The van der Waals surface area contributed by atoms with Crippen LogP contribution in [-0.4, -0.2) is 45.2 Å². The van der Waals surface area contributed by atoms with Gasteiger partial charge in [0, 0.05) is 5.69 Å². The molecule has 22 heavy (non-hydrogen) atoms. The molecule has 0 spiro atoms. The fourth-order valence-corrected chi connectivity index (χ4v) is 3.16. The van der Waals surface area contributed by atoms with Crippen molar-refractivity contribution in [2.75, 3.05) is 44.6 Å². The fraction of sp³-hybridized carbons (Fsp3) is 0.500. The van der Waals surface area contributed by atoms with Crippen LogP contribution in [0.4, 0.5) is 5.69 Å². The van der Waals surface area contributed by atoms with Crippen LogP contribution in [0.3, 0.4) is 0 Å². The Hall–Kier alpha value is -1.65. The molecule has 1 amide bonds. The van der Waals surface area contributed by atoms with Gasteiger partial charge < -0.3 is 15.1 Å². The van der Waals surface area contributed by atoms with Gasteiger partial charge in [-0.2, -0.15) is 0 Å². The SMILES string of the molecule is C=C(C)C[NH+]1CC[NH+](CC(=O)Nc2c(C)cccc2C)CC1. The van der Waals surface area contributed by atoms with Crippen molar-refractivity contribution in [2.24, 2.45) is 0 Å². The highest BCUT2D eigenvalue weighted by molar-refractivity contribution is 5.93. The lowest BCUT2D eigenvalue weighted by Gasteiger charge is -2.29. The van der Waals surface area contributed by atoms with E-state index in [9.17, 15) is 4.79 Å². The summed E-state index contributed by atoms with van der Waals surface area (Å²) < 4.78 is 0. The second-order valence-electron chi connectivity index (χ2n) is 6.63. The van der Waals surface area contributed by atoms with Gasteiger partial charge in [-0.15, -0.1) is 0 Å². The van der Waals surface area contributed by atoms with E-state index in [0.29, 0.717) is 6.54 Å². The Kier molecular flexibility index (Phi) is 5.75. The first-order chi connectivity index (χ1) is 10.5. The number of amides is 1. The summed E-state index contributed by atoms with van der Waals surface area (Å²) in [6.07, 6.45) is 0. The van der Waals surface area contributed by atoms with Gasteiger partial charge in [0.05, 0.1) is 6.54 Å². The molecule has 4 nitrogen and oxygen atoms in total. The summed E-state index contributed by atoms with van der Waals surface area (Å²) in [4.78, 5) is 15.3. The number of rotatable bonds is 5. The number of quaternary nitrogens is 2. The summed E-state index contributed by atoms with van der Waals surface area (Å²) in [6.45, 7) is 16.1. The van der Waals surface area contributed by atoms with Crippen LogP contribution < -0.4 is 15.1 Å². The smallest absolute Gasteiger partial charge is 0.279 e. The van der Waals surface area contributed by atoms with E-state index in [4.69, 9.17) is 0 Å². The van der Waals surface area contributed by atoms with Gasteiger partial charge in [-0.05, 0) is 37.5 Å². The zero-order valence-electron chi connectivity index (χ0n) is 14.1. The summed E-state index contributed by atoms with van der Waals surface area (Å²) in [6, 6.07) is 6.10. The first-order valence-corrected chi connectivity index (χ1v) is 8.13. The molecular formula is C18H29N3O+2. The molecule has 4 heteroatoms. The lowest BCUT2D eigenvalue weighted by Crippen LogP contribution is -3.28. The molecular weight excluding hydrogens is 274 g/mol. The Bertz CT molecular complexity index is 525. The molecule has 0 saturated carbocycles. The monoisotopic (exact) mass is 303 g/mol. The highest BCUT2D eigenvalue weighted by atomic mass is 16.2. The van der Waals surface area contributed by atoms with Gasteiger partial charge in [0.1, 0.15) is 26.2 Å². The number of piperazine rings is 1. The number of carbonyl (C=O) groups is 1. The summed E-state index contributed by atoms with van der Waals surface area (Å²) in [5.41, 5.74) is 4.46. The minimum Gasteiger partial charge on any atom is -0.322 e. The molecule has 0 aromatic heterocycles. The predicted octanol–water partition coefficient (Wildman–Crippen LogP) is -0.399. The van der Waals surface area contributed by atoms with E-state index in [1.54, 1.807) is 4.90 Å². The number of carbonyl (C=O) groups excluding carboxylic acids is 1. The van der Waals surface area contributed by atoms with Gasteiger partial charge in [-0.3, -0.25) is 4.79 Å². The van der Waals surface area contributed by atoms with Gasteiger partial charge in [-0.25, -0.2) is 0 Å². The summed E-state index contributed by atoms with van der Waals surface area (Å²) >= 11 is 0. The van der Waals surface area contributed by atoms with Crippen molar-refractivity contribution in [3.63, 3.8) is 0 Å². The Labute approximate surface area is 133 Å². The second-order valence-corrected chi connectivity index (χ2v) is 6.63. The summed E-state index contributed by atoms with van der Waals surface area (Å²) in [5, 5.41) is 3.09. The Balaban J connectivity index is 1.82. The summed E-state index contributed by atoms with van der Waals surface area (Å²) in [7, 11) is 0. The summed E-state index contributed by atoms with van der Waals surface area (Å²) in [5.74, 6) is 0.121. The number of para-hydroxylation sites is 1. The third-order valence-electron chi connectivity index (χ3n) is 4.37. The molecule has 1 aromatic rings. The fourth-order valence-electron chi connectivity index (χ4n) is 3.16. The van der Waals surface area contributed by atoms with E-state index in [1.807, 2.05) is 32.0 Å². The Morgan fingerprint density at radius 2 is 1.59 bits per heavy atom. The van der Waals surface area contributed by atoms with Crippen molar-refractivity contribution in [1.82, 2.24) is 0 Å². The average molecular weight is 303 g/mol. The molecule has 3 N–H and O–H groups in total. The first kappa shape index (κ1) is 16.7. The molecule has 1 aliphatic heterocycles. The van der Waals surface area contributed by atoms with E-state index in [2.05, 4.69) is 18.8 Å². The van der Waals surface area contributed by atoms with Crippen molar-refractivity contribution < 1.29 is 14.6 Å². The molecule has 1 aromatic carbocycles. The van der Waals surface area contributed by atoms with Crippen LogP contribution in [-0.2, 0) is 4.79 Å². The van der Waals surface area contributed by atoms with Crippen molar-refractivity contribution >= 4 is 11.6 Å². The third kappa shape index (κ3) is 4.68. The zero-order chi connectivity index (χ0) is 16.1. The highest BCUT2D eigenvalue weighted by Crippen LogP contribution is 2.18. The molecule has 2 rings (SSSR count).